The van der Waals surface area contributed by atoms with Crippen molar-refractivity contribution >= 4 is 27.5 Å². The fraction of sp³-hybridized carbons (Fsp3) is 0.429. The highest BCUT2D eigenvalue weighted by atomic mass is 79.9. The van der Waals surface area contributed by atoms with Gasteiger partial charge in [-0.2, -0.15) is 0 Å². The van der Waals surface area contributed by atoms with E-state index in [4.69, 9.17) is 16.3 Å². The molecule has 0 heterocycles. The van der Waals surface area contributed by atoms with E-state index >= 15 is 0 Å². The summed E-state index contributed by atoms with van der Waals surface area (Å²) in [5.74, 6) is 0.795. The van der Waals surface area contributed by atoms with Crippen molar-refractivity contribution in [2.24, 2.45) is 0 Å². The van der Waals surface area contributed by atoms with Crippen molar-refractivity contribution in [1.29, 1.82) is 0 Å². The van der Waals surface area contributed by atoms with Crippen LogP contribution in [-0.2, 0) is 12.8 Å². The van der Waals surface area contributed by atoms with Crippen molar-refractivity contribution < 1.29 is 4.74 Å². The number of hydrogen-bond acceptors (Lipinski definition) is 2. The first-order valence-electron chi connectivity index (χ1n) is 8.73. The number of halogens is 2. The van der Waals surface area contributed by atoms with Gasteiger partial charge in [0.2, 0.25) is 0 Å². The third kappa shape index (κ3) is 7.01. The summed E-state index contributed by atoms with van der Waals surface area (Å²) < 4.78 is 6.38. The molecule has 3 rings (SSSR count). The molecule has 0 saturated heterocycles. The Morgan fingerprint density at radius 2 is 1.72 bits per heavy atom. The van der Waals surface area contributed by atoms with Crippen LogP contribution in [0.25, 0.3) is 0 Å². The molecule has 1 aliphatic carbocycles. The Morgan fingerprint density at radius 1 is 1.08 bits per heavy atom. The summed E-state index contributed by atoms with van der Waals surface area (Å²) in [6.07, 6.45) is 3.42. The van der Waals surface area contributed by atoms with E-state index < -0.39 is 0 Å². The second-order valence-electron chi connectivity index (χ2n) is 5.91. The van der Waals surface area contributed by atoms with Gasteiger partial charge in [-0.15, -0.1) is 0 Å². The second-order valence-corrected chi connectivity index (χ2v) is 7.23. The molecule has 0 saturated carbocycles. The van der Waals surface area contributed by atoms with Gasteiger partial charge in [0.15, 0.2) is 0 Å². The van der Waals surface area contributed by atoms with Crippen molar-refractivity contribution in [3.63, 3.8) is 0 Å². The summed E-state index contributed by atoms with van der Waals surface area (Å²) in [7, 11) is 5.95. The van der Waals surface area contributed by atoms with Gasteiger partial charge in [0.1, 0.15) is 5.75 Å². The molecule has 138 valence electrons. The number of hydrogen-bond donors (Lipinski definition) is 0. The maximum Gasteiger partial charge on any atom is 0.137 e. The van der Waals surface area contributed by atoms with E-state index in [1.165, 1.54) is 17.5 Å². The molecule has 0 aliphatic heterocycles. The fourth-order valence-corrected chi connectivity index (χ4v) is 3.32. The molecule has 1 unspecified atom stereocenters. The lowest BCUT2D eigenvalue weighted by Crippen LogP contribution is -2.33. The number of fused-ring (bicyclic) bond motifs is 1. The SMILES string of the molecule is Brc1ccccc1.CC.COc1cc2c(cc1Cl)CC(N(C)C)CC2. The number of rotatable bonds is 2. The maximum absolute atomic E-state index is 6.15. The minimum absolute atomic E-state index is 0.636. The molecule has 1 aliphatic rings. The summed E-state index contributed by atoms with van der Waals surface area (Å²) >= 11 is 9.46. The van der Waals surface area contributed by atoms with E-state index in [0.29, 0.717) is 6.04 Å². The summed E-state index contributed by atoms with van der Waals surface area (Å²) in [6, 6.07) is 14.8. The van der Waals surface area contributed by atoms with Gasteiger partial charge in [-0.3, -0.25) is 0 Å². The van der Waals surface area contributed by atoms with Crippen molar-refractivity contribution in [3.8, 4) is 5.75 Å². The number of benzene rings is 2. The summed E-state index contributed by atoms with van der Waals surface area (Å²) in [5.41, 5.74) is 2.76. The minimum atomic E-state index is 0.636. The van der Waals surface area contributed by atoms with Crippen LogP contribution in [0.4, 0.5) is 0 Å². The van der Waals surface area contributed by atoms with E-state index in [9.17, 15) is 0 Å². The van der Waals surface area contributed by atoms with Gasteiger partial charge in [0.05, 0.1) is 12.1 Å². The smallest absolute Gasteiger partial charge is 0.137 e. The zero-order chi connectivity index (χ0) is 18.8. The summed E-state index contributed by atoms with van der Waals surface area (Å²) in [6.45, 7) is 4.00. The molecule has 0 spiro atoms. The van der Waals surface area contributed by atoms with Crippen LogP contribution < -0.4 is 4.74 Å². The van der Waals surface area contributed by atoms with Crippen molar-refractivity contribution in [2.75, 3.05) is 21.2 Å². The molecule has 1 atom stereocenters. The van der Waals surface area contributed by atoms with E-state index in [1.807, 2.05) is 44.2 Å². The standard InChI is InChI=1S/C13H18ClNO.C6H5Br.C2H6/c1-15(2)11-5-4-9-8-13(16-3)12(14)7-10(9)6-11;7-6-4-2-1-3-5-6;1-2/h7-8,11H,4-6H2,1-3H3;1-5H;1-2H3. The lowest BCUT2D eigenvalue weighted by atomic mass is 9.87. The Balaban J connectivity index is 0.000000290. The van der Waals surface area contributed by atoms with Crippen molar-refractivity contribution in [3.05, 3.63) is 63.1 Å². The Bertz CT molecular complexity index is 631. The van der Waals surface area contributed by atoms with Crippen LogP contribution in [0.1, 0.15) is 31.4 Å². The normalized spacial score (nSPS) is 15.3. The number of nitrogens with zero attached hydrogens (tertiary/aromatic N) is 1. The van der Waals surface area contributed by atoms with Crippen LogP contribution >= 0.6 is 27.5 Å². The molecule has 0 amide bonds. The van der Waals surface area contributed by atoms with Gasteiger partial charge in [-0.05, 0) is 68.8 Å². The first-order valence-corrected chi connectivity index (χ1v) is 9.90. The van der Waals surface area contributed by atoms with Crippen molar-refractivity contribution in [2.45, 2.75) is 39.2 Å². The van der Waals surface area contributed by atoms with Crippen LogP contribution in [0.3, 0.4) is 0 Å². The van der Waals surface area contributed by atoms with Gasteiger partial charge >= 0.3 is 0 Å². The molecule has 0 bridgehead atoms. The monoisotopic (exact) mass is 425 g/mol. The van der Waals surface area contributed by atoms with E-state index in [-0.39, 0.29) is 0 Å². The van der Waals surface area contributed by atoms with Crippen molar-refractivity contribution in [1.82, 2.24) is 4.90 Å². The fourth-order valence-electron chi connectivity index (χ4n) is 2.75. The highest BCUT2D eigenvalue weighted by Crippen LogP contribution is 2.32. The first kappa shape index (κ1) is 22.0. The van der Waals surface area contributed by atoms with E-state index in [0.717, 1.165) is 28.1 Å². The van der Waals surface area contributed by atoms with Crippen LogP contribution in [0.15, 0.2) is 46.9 Å². The van der Waals surface area contributed by atoms with Crippen LogP contribution in [0, 0.1) is 0 Å². The van der Waals surface area contributed by atoms with Gasteiger partial charge in [0.25, 0.3) is 0 Å². The third-order valence-electron chi connectivity index (χ3n) is 4.14. The number of likely N-dealkylation sites (N-methyl/N-ethyl adjacent to an activating group) is 1. The average molecular weight is 427 g/mol. The molecule has 2 aromatic carbocycles. The molecule has 0 aromatic heterocycles. The van der Waals surface area contributed by atoms with E-state index in [1.54, 1.807) is 7.11 Å². The van der Waals surface area contributed by atoms with Crippen LogP contribution in [-0.4, -0.2) is 32.1 Å². The van der Waals surface area contributed by atoms with Gasteiger partial charge < -0.3 is 9.64 Å². The molecule has 25 heavy (non-hydrogen) atoms. The number of methoxy groups -OCH3 is 1. The Hall–Kier alpha value is -1.03. The topological polar surface area (TPSA) is 12.5 Å². The molecule has 0 N–H and O–H groups in total. The molecular weight excluding hydrogens is 398 g/mol. The molecule has 2 aromatic rings. The maximum atomic E-state index is 6.15. The Kier molecular flexibility index (Phi) is 10.2. The lowest BCUT2D eigenvalue weighted by Gasteiger charge is -2.30. The van der Waals surface area contributed by atoms with E-state index in [2.05, 4.69) is 47.1 Å². The predicted octanol–water partition coefficient (Wildman–Crippen LogP) is 6.24. The largest absolute Gasteiger partial charge is 0.495 e. The average Bonchev–Trinajstić information content (AvgIpc) is 2.63. The summed E-state index contributed by atoms with van der Waals surface area (Å²) in [4.78, 5) is 2.29. The van der Waals surface area contributed by atoms with Gasteiger partial charge in [-0.1, -0.05) is 59.6 Å². The lowest BCUT2D eigenvalue weighted by molar-refractivity contribution is 0.268. The van der Waals surface area contributed by atoms with Crippen LogP contribution in [0.5, 0.6) is 5.75 Å². The van der Waals surface area contributed by atoms with Gasteiger partial charge in [-0.25, -0.2) is 0 Å². The molecule has 2 nitrogen and oxygen atoms in total. The number of ether oxygens (including phenoxy) is 1. The molecule has 0 radical (unpaired) electrons. The Morgan fingerprint density at radius 3 is 2.20 bits per heavy atom. The predicted molar refractivity (Wildman–Crippen MR) is 113 cm³/mol. The second kappa shape index (κ2) is 11.6. The van der Waals surface area contributed by atoms with Gasteiger partial charge in [0, 0.05) is 10.5 Å². The first-order chi connectivity index (χ1) is 12.0. The molecule has 4 heteroatoms. The minimum Gasteiger partial charge on any atom is -0.495 e. The summed E-state index contributed by atoms with van der Waals surface area (Å²) in [5, 5.41) is 0.723. The highest BCUT2D eigenvalue weighted by Gasteiger charge is 2.21. The molecular formula is C21H29BrClNO. The highest BCUT2D eigenvalue weighted by molar-refractivity contribution is 9.10. The zero-order valence-electron chi connectivity index (χ0n) is 15.9. The number of aryl methyl sites for hydroxylation is 1. The zero-order valence-corrected chi connectivity index (χ0v) is 18.2. The van der Waals surface area contributed by atoms with Crippen LogP contribution in [0.2, 0.25) is 5.02 Å². The molecule has 0 fully saturated rings. The third-order valence-corrected chi connectivity index (χ3v) is 4.96. The quantitative estimate of drug-likeness (QED) is 0.563. The Labute approximate surface area is 166 Å².